The van der Waals surface area contributed by atoms with E-state index in [2.05, 4.69) is 6.92 Å². The molecule has 4 rings (SSSR count). The van der Waals surface area contributed by atoms with Crippen LogP contribution < -0.4 is 9.64 Å². The van der Waals surface area contributed by atoms with Gasteiger partial charge in [-0.1, -0.05) is 37.3 Å². The third-order valence-electron chi connectivity index (χ3n) is 6.02. The Morgan fingerprint density at radius 3 is 2.31 bits per heavy atom. The van der Waals surface area contributed by atoms with Gasteiger partial charge in [-0.05, 0) is 56.4 Å². The molecule has 1 saturated carbocycles. The number of amides is 2. The number of benzene rings is 2. The number of ether oxygens (including phenoxy) is 1. The molecule has 1 heterocycles. The number of nitrogens with zero attached hydrogens (tertiary/aromatic N) is 1. The molecule has 0 unspecified atom stereocenters. The minimum atomic E-state index is -0.636. The lowest BCUT2D eigenvalue weighted by atomic mass is 9.76. The maximum atomic E-state index is 12.8. The van der Waals surface area contributed by atoms with Crippen molar-refractivity contribution < 1.29 is 19.1 Å². The predicted molar refractivity (Wildman–Crippen MR) is 110 cm³/mol. The van der Waals surface area contributed by atoms with Crippen LogP contribution in [0, 0.1) is 17.8 Å². The van der Waals surface area contributed by atoms with Crippen LogP contribution in [-0.2, 0) is 9.59 Å². The maximum Gasteiger partial charge on any atom is 0.237 e. The first-order valence-corrected chi connectivity index (χ1v) is 10.2. The van der Waals surface area contributed by atoms with Gasteiger partial charge in [-0.2, -0.15) is 0 Å². The molecule has 2 amide bonds. The van der Waals surface area contributed by atoms with Gasteiger partial charge < -0.3 is 4.74 Å². The topological polar surface area (TPSA) is 63.7 Å². The molecule has 29 heavy (non-hydrogen) atoms. The van der Waals surface area contributed by atoms with E-state index in [0.717, 1.165) is 19.3 Å². The van der Waals surface area contributed by atoms with E-state index in [1.54, 1.807) is 43.3 Å². The Morgan fingerprint density at radius 2 is 1.62 bits per heavy atom. The zero-order chi connectivity index (χ0) is 20.5. The SMILES string of the molecule is C[C@@H]1CC[C@@H]2C(=O)N(c3ccc(O[C@H](C)C(=O)c4ccccc4)cc3)C(=O)[C@H]2C1. The fraction of sp³-hybridized carbons (Fsp3) is 0.375. The van der Waals surface area contributed by atoms with Gasteiger partial charge in [-0.25, -0.2) is 0 Å². The Labute approximate surface area is 170 Å². The smallest absolute Gasteiger partial charge is 0.237 e. The average molecular weight is 391 g/mol. The standard InChI is InChI=1S/C24H25NO4/c1-15-8-13-20-21(14-15)24(28)25(23(20)27)18-9-11-19(12-10-18)29-16(2)22(26)17-6-4-3-5-7-17/h3-7,9-12,15-16,20-21H,8,13-14H2,1-2H3/t15-,16-,20+,21+/m1/s1. The number of fused-ring (bicyclic) bond motifs is 1. The minimum absolute atomic E-state index is 0.0896. The Morgan fingerprint density at radius 1 is 0.966 bits per heavy atom. The summed E-state index contributed by atoms with van der Waals surface area (Å²) in [6.45, 7) is 3.85. The quantitative estimate of drug-likeness (QED) is 0.564. The number of anilines is 1. The Hall–Kier alpha value is -2.95. The second-order valence-electron chi connectivity index (χ2n) is 8.13. The molecule has 0 aromatic heterocycles. The summed E-state index contributed by atoms with van der Waals surface area (Å²) in [5.74, 6) is 0.352. The van der Waals surface area contributed by atoms with Crippen molar-refractivity contribution in [3.8, 4) is 5.75 Å². The van der Waals surface area contributed by atoms with Crippen molar-refractivity contribution in [1.29, 1.82) is 0 Å². The number of hydrogen-bond acceptors (Lipinski definition) is 4. The number of hydrogen-bond donors (Lipinski definition) is 0. The third-order valence-corrected chi connectivity index (χ3v) is 6.02. The van der Waals surface area contributed by atoms with Crippen molar-refractivity contribution in [3.05, 3.63) is 60.2 Å². The van der Waals surface area contributed by atoms with Gasteiger partial charge in [0.1, 0.15) is 5.75 Å². The lowest BCUT2D eigenvalue weighted by Crippen LogP contribution is -2.30. The molecule has 0 spiro atoms. The van der Waals surface area contributed by atoms with Crippen molar-refractivity contribution in [3.63, 3.8) is 0 Å². The molecule has 0 bridgehead atoms. The van der Waals surface area contributed by atoms with Gasteiger partial charge in [-0.3, -0.25) is 19.3 Å². The molecule has 0 N–H and O–H groups in total. The molecule has 2 aromatic carbocycles. The van der Waals surface area contributed by atoms with Gasteiger partial charge in [0, 0.05) is 5.56 Å². The zero-order valence-corrected chi connectivity index (χ0v) is 16.7. The van der Waals surface area contributed by atoms with Crippen LogP contribution in [0.15, 0.2) is 54.6 Å². The molecule has 5 nitrogen and oxygen atoms in total. The van der Waals surface area contributed by atoms with Crippen molar-refractivity contribution in [2.75, 3.05) is 4.90 Å². The Kier molecular flexibility index (Phi) is 5.22. The lowest BCUT2D eigenvalue weighted by molar-refractivity contribution is -0.122. The summed E-state index contributed by atoms with van der Waals surface area (Å²) >= 11 is 0. The molecule has 4 atom stereocenters. The number of rotatable bonds is 5. The highest BCUT2D eigenvalue weighted by Crippen LogP contribution is 2.42. The lowest BCUT2D eigenvalue weighted by Gasteiger charge is -2.25. The largest absolute Gasteiger partial charge is 0.483 e. The van der Waals surface area contributed by atoms with E-state index >= 15 is 0 Å². The van der Waals surface area contributed by atoms with Gasteiger partial charge in [-0.15, -0.1) is 0 Å². The van der Waals surface area contributed by atoms with E-state index in [-0.39, 0.29) is 29.4 Å². The summed E-state index contributed by atoms with van der Waals surface area (Å²) in [6, 6.07) is 15.8. The zero-order valence-electron chi connectivity index (χ0n) is 16.7. The molecular weight excluding hydrogens is 366 g/mol. The number of carbonyl (C=O) groups excluding carboxylic acids is 3. The predicted octanol–water partition coefficient (Wildman–Crippen LogP) is 4.26. The van der Waals surface area contributed by atoms with E-state index in [1.807, 2.05) is 18.2 Å². The van der Waals surface area contributed by atoms with Gasteiger partial charge in [0.05, 0.1) is 17.5 Å². The summed E-state index contributed by atoms with van der Waals surface area (Å²) in [6.07, 6.45) is 1.93. The number of carbonyl (C=O) groups is 3. The molecule has 2 aromatic rings. The second kappa shape index (κ2) is 7.82. The van der Waals surface area contributed by atoms with Gasteiger partial charge in [0.2, 0.25) is 17.6 Å². The fourth-order valence-corrected chi connectivity index (χ4v) is 4.41. The second-order valence-corrected chi connectivity index (χ2v) is 8.13. The van der Waals surface area contributed by atoms with Gasteiger partial charge in [0.25, 0.3) is 0 Å². The van der Waals surface area contributed by atoms with Crippen molar-refractivity contribution in [2.45, 2.75) is 39.2 Å². The van der Waals surface area contributed by atoms with Crippen LogP contribution in [0.4, 0.5) is 5.69 Å². The highest BCUT2D eigenvalue weighted by molar-refractivity contribution is 6.22. The first-order valence-electron chi connectivity index (χ1n) is 10.2. The number of imide groups is 1. The molecule has 1 saturated heterocycles. The van der Waals surface area contributed by atoms with Crippen molar-refractivity contribution >= 4 is 23.3 Å². The first-order chi connectivity index (χ1) is 14.0. The van der Waals surface area contributed by atoms with E-state index < -0.39 is 6.10 Å². The number of ketones is 1. The molecule has 5 heteroatoms. The monoisotopic (exact) mass is 391 g/mol. The molecule has 2 fully saturated rings. The normalized spacial score (nSPS) is 24.9. The molecular formula is C24H25NO4. The van der Waals surface area contributed by atoms with E-state index in [1.165, 1.54) is 4.90 Å². The van der Waals surface area contributed by atoms with Gasteiger partial charge in [0.15, 0.2) is 6.10 Å². The van der Waals surface area contributed by atoms with Gasteiger partial charge >= 0.3 is 0 Å². The number of Topliss-reactive ketones (excluding diaryl/α,β-unsaturated/α-hetero) is 1. The third kappa shape index (κ3) is 3.69. The van der Waals surface area contributed by atoms with Crippen LogP contribution in [0.3, 0.4) is 0 Å². The summed E-state index contributed by atoms with van der Waals surface area (Å²) in [5.41, 5.74) is 1.16. The summed E-state index contributed by atoms with van der Waals surface area (Å²) < 4.78 is 5.77. The molecule has 1 aliphatic heterocycles. The molecule has 150 valence electrons. The van der Waals surface area contributed by atoms with Crippen LogP contribution in [0.2, 0.25) is 0 Å². The molecule has 1 aliphatic carbocycles. The van der Waals surface area contributed by atoms with Crippen LogP contribution in [-0.4, -0.2) is 23.7 Å². The van der Waals surface area contributed by atoms with Crippen LogP contribution in [0.5, 0.6) is 5.75 Å². The summed E-state index contributed by atoms with van der Waals surface area (Å²) in [5, 5.41) is 0. The van der Waals surface area contributed by atoms with E-state index in [4.69, 9.17) is 4.74 Å². The van der Waals surface area contributed by atoms with E-state index in [9.17, 15) is 14.4 Å². The van der Waals surface area contributed by atoms with Crippen LogP contribution in [0.1, 0.15) is 43.5 Å². The average Bonchev–Trinajstić information content (AvgIpc) is 2.98. The Bertz CT molecular complexity index is 922. The molecule has 2 aliphatic rings. The highest BCUT2D eigenvalue weighted by Gasteiger charge is 2.49. The van der Waals surface area contributed by atoms with Crippen LogP contribution >= 0.6 is 0 Å². The Balaban J connectivity index is 1.46. The molecule has 0 radical (unpaired) electrons. The summed E-state index contributed by atoms with van der Waals surface area (Å²) in [4.78, 5) is 39.4. The summed E-state index contributed by atoms with van der Waals surface area (Å²) in [7, 11) is 0. The fourth-order valence-electron chi connectivity index (χ4n) is 4.41. The first kappa shape index (κ1) is 19.4. The van der Waals surface area contributed by atoms with Crippen LogP contribution in [0.25, 0.3) is 0 Å². The van der Waals surface area contributed by atoms with E-state index in [0.29, 0.717) is 22.9 Å². The minimum Gasteiger partial charge on any atom is -0.483 e. The van der Waals surface area contributed by atoms with Crippen molar-refractivity contribution in [1.82, 2.24) is 0 Å². The maximum absolute atomic E-state index is 12.8. The highest BCUT2D eigenvalue weighted by atomic mass is 16.5. The van der Waals surface area contributed by atoms with Crippen molar-refractivity contribution in [2.24, 2.45) is 17.8 Å².